The molecule has 1 rings (SSSR count). The third-order valence-corrected chi connectivity index (χ3v) is 4.31. The molecule has 1 heterocycles. The first-order chi connectivity index (χ1) is 9.69. The number of nitrogens with two attached hydrogens (primary N) is 1. The fraction of sp³-hybridized carbons (Fsp3) is 0.929. The quantitative estimate of drug-likeness (QED) is 0.755. The van der Waals surface area contributed by atoms with Crippen molar-refractivity contribution in [3.8, 4) is 0 Å². The van der Waals surface area contributed by atoms with Crippen molar-refractivity contribution >= 4 is 5.91 Å². The maximum absolute atomic E-state index is 12.6. The highest BCUT2D eigenvalue weighted by molar-refractivity contribution is 5.84. The molecule has 1 fully saturated rings. The van der Waals surface area contributed by atoms with E-state index < -0.39 is 17.6 Å². The Hall–Kier alpha value is -0.820. The zero-order chi connectivity index (χ0) is 16.1. The number of likely N-dealkylation sites (tertiary alicyclic amines) is 1. The third kappa shape index (κ3) is 5.47. The normalized spacial score (nSPS) is 21.2. The van der Waals surface area contributed by atoms with Gasteiger partial charge in [0.2, 0.25) is 5.91 Å². The van der Waals surface area contributed by atoms with E-state index in [1.165, 1.54) is 0 Å². The van der Waals surface area contributed by atoms with Crippen molar-refractivity contribution in [2.45, 2.75) is 51.2 Å². The molecular weight excluding hydrogens is 283 g/mol. The van der Waals surface area contributed by atoms with Crippen molar-refractivity contribution < 1.29 is 18.0 Å². The third-order valence-electron chi connectivity index (χ3n) is 4.31. The molecule has 21 heavy (non-hydrogen) atoms. The Morgan fingerprint density at radius 3 is 2.33 bits per heavy atom. The molecule has 7 heteroatoms. The van der Waals surface area contributed by atoms with Gasteiger partial charge in [0.1, 0.15) is 0 Å². The number of hydrogen-bond donors (Lipinski definition) is 2. The van der Waals surface area contributed by atoms with Gasteiger partial charge in [-0.15, -0.1) is 0 Å². The fourth-order valence-corrected chi connectivity index (χ4v) is 2.83. The van der Waals surface area contributed by atoms with Crippen LogP contribution < -0.4 is 11.1 Å². The van der Waals surface area contributed by atoms with Crippen molar-refractivity contribution in [2.24, 2.45) is 11.7 Å². The van der Waals surface area contributed by atoms with Crippen LogP contribution in [0.25, 0.3) is 0 Å². The Balaban J connectivity index is 2.33. The maximum atomic E-state index is 12.6. The van der Waals surface area contributed by atoms with E-state index >= 15 is 0 Å². The van der Waals surface area contributed by atoms with Crippen molar-refractivity contribution in [3.05, 3.63) is 0 Å². The van der Waals surface area contributed by atoms with Crippen molar-refractivity contribution in [2.75, 3.05) is 26.2 Å². The summed E-state index contributed by atoms with van der Waals surface area (Å²) < 4.78 is 37.7. The molecule has 1 saturated heterocycles. The zero-order valence-corrected chi connectivity index (χ0v) is 12.8. The number of nitrogens with one attached hydrogen (secondary N) is 1. The molecule has 1 atom stereocenters. The van der Waals surface area contributed by atoms with Crippen LogP contribution in [0.3, 0.4) is 0 Å². The lowest BCUT2D eigenvalue weighted by Crippen LogP contribution is -2.53. The summed E-state index contributed by atoms with van der Waals surface area (Å²) >= 11 is 0. The number of hydrogen-bond acceptors (Lipinski definition) is 3. The van der Waals surface area contributed by atoms with Gasteiger partial charge in [0.15, 0.2) is 0 Å². The predicted octanol–water partition coefficient (Wildman–Crippen LogP) is 1.89. The van der Waals surface area contributed by atoms with Crippen LogP contribution >= 0.6 is 0 Å². The minimum absolute atomic E-state index is 0.170. The lowest BCUT2D eigenvalue weighted by Gasteiger charge is -2.34. The average molecular weight is 309 g/mol. The van der Waals surface area contributed by atoms with Gasteiger partial charge >= 0.3 is 6.18 Å². The number of carbonyl (C=O) groups excluding carboxylic acids is 1. The number of amides is 1. The molecule has 1 aliphatic heterocycles. The average Bonchev–Trinajstić information content (AvgIpc) is 2.38. The van der Waals surface area contributed by atoms with Crippen molar-refractivity contribution in [1.29, 1.82) is 0 Å². The highest BCUT2D eigenvalue weighted by atomic mass is 19.4. The van der Waals surface area contributed by atoms with E-state index in [9.17, 15) is 18.0 Å². The molecule has 3 N–H and O–H groups in total. The number of rotatable bonds is 7. The summed E-state index contributed by atoms with van der Waals surface area (Å²) in [4.78, 5) is 13.5. The van der Waals surface area contributed by atoms with Crippen LogP contribution in [0.5, 0.6) is 0 Å². The molecule has 0 saturated carbocycles. The Morgan fingerprint density at radius 2 is 1.90 bits per heavy atom. The number of piperidine rings is 1. The molecule has 0 radical (unpaired) electrons. The molecule has 0 spiro atoms. The summed E-state index contributed by atoms with van der Waals surface area (Å²) in [5, 5.41) is 3.08. The number of primary amides is 1. The SMILES string of the molecule is CCNC(C)(CCCN1CCC(C(F)(F)F)CC1)C(N)=O. The van der Waals surface area contributed by atoms with Crippen LogP contribution in [0.1, 0.15) is 39.5 Å². The first kappa shape index (κ1) is 18.2. The molecule has 0 aromatic heterocycles. The van der Waals surface area contributed by atoms with Gasteiger partial charge in [-0.2, -0.15) is 13.2 Å². The smallest absolute Gasteiger partial charge is 0.368 e. The van der Waals surface area contributed by atoms with Gasteiger partial charge < -0.3 is 16.0 Å². The molecule has 0 aromatic rings. The topological polar surface area (TPSA) is 58.4 Å². The number of alkyl halides is 3. The van der Waals surface area contributed by atoms with E-state index in [1.807, 2.05) is 11.8 Å². The van der Waals surface area contributed by atoms with Crippen molar-refractivity contribution in [1.82, 2.24) is 10.2 Å². The second-order valence-electron chi connectivity index (χ2n) is 5.99. The van der Waals surface area contributed by atoms with E-state index in [0.29, 0.717) is 32.6 Å². The minimum atomic E-state index is -4.07. The van der Waals surface area contributed by atoms with Gasteiger partial charge in [0, 0.05) is 0 Å². The summed E-state index contributed by atoms with van der Waals surface area (Å²) in [6.45, 7) is 5.98. The zero-order valence-electron chi connectivity index (χ0n) is 12.8. The van der Waals surface area contributed by atoms with Gasteiger partial charge in [-0.25, -0.2) is 0 Å². The second-order valence-corrected chi connectivity index (χ2v) is 5.99. The molecule has 1 unspecified atom stereocenters. The molecule has 4 nitrogen and oxygen atoms in total. The Morgan fingerprint density at radius 1 is 1.33 bits per heavy atom. The van der Waals surface area contributed by atoms with Crippen LogP contribution in [0.2, 0.25) is 0 Å². The van der Waals surface area contributed by atoms with Gasteiger partial charge in [-0.3, -0.25) is 4.79 Å². The first-order valence-electron chi connectivity index (χ1n) is 7.53. The van der Waals surface area contributed by atoms with Crippen LogP contribution in [-0.4, -0.2) is 48.7 Å². The summed E-state index contributed by atoms with van der Waals surface area (Å²) in [7, 11) is 0. The van der Waals surface area contributed by atoms with Gasteiger partial charge in [-0.05, 0) is 58.8 Å². The summed E-state index contributed by atoms with van der Waals surface area (Å²) in [6, 6.07) is 0. The van der Waals surface area contributed by atoms with E-state index in [0.717, 1.165) is 6.42 Å². The number of carbonyl (C=O) groups is 1. The van der Waals surface area contributed by atoms with Crippen LogP contribution in [0, 0.1) is 5.92 Å². The van der Waals surface area contributed by atoms with E-state index in [2.05, 4.69) is 5.32 Å². The minimum Gasteiger partial charge on any atom is -0.368 e. The predicted molar refractivity (Wildman–Crippen MR) is 75.7 cm³/mol. The Bertz CT molecular complexity index is 341. The molecule has 0 bridgehead atoms. The standard InChI is InChI=1S/C14H26F3N3O/c1-3-19-13(2,12(18)21)7-4-8-20-9-5-11(6-10-20)14(15,16)17/h11,19H,3-10H2,1-2H3,(H2,18,21). The van der Waals surface area contributed by atoms with Gasteiger partial charge in [0.25, 0.3) is 0 Å². The number of likely N-dealkylation sites (N-methyl/N-ethyl adjacent to an activating group) is 1. The number of nitrogens with zero attached hydrogens (tertiary/aromatic N) is 1. The van der Waals surface area contributed by atoms with E-state index in [1.54, 1.807) is 6.92 Å². The molecule has 1 aliphatic rings. The summed E-state index contributed by atoms with van der Waals surface area (Å²) in [5.74, 6) is -1.55. The summed E-state index contributed by atoms with van der Waals surface area (Å²) in [6.07, 6.45) is -2.40. The number of halogens is 3. The molecule has 0 aliphatic carbocycles. The Labute approximate surface area is 124 Å². The highest BCUT2D eigenvalue weighted by Gasteiger charge is 2.41. The Kier molecular flexibility index (Phi) is 6.46. The summed E-state index contributed by atoms with van der Waals surface area (Å²) in [5.41, 5.74) is 4.67. The van der Waals surface area contributed by atoms with E-state index in [-0.39, 0.29) is 18.7 Å². The molecular formula is C14H26F3N3O. The first-order valence-corrected chi connectivity index (χ1v) is 7.53. The van der Waals surface area contributed by atoms with Crippen molar-refractivity contribution in [3.63, 3.8) is 0 Å². The van der Waals surface area contributed by atoms with Crippen LogP contribution in [0.4, 0.5) is 13.2 Å². The second kappa shape index (κ2) is 7.45. The monoisotopic (exact) mass is 309 g/mol. The lowest BCUT2D eigenvalue weighted by molar-refractivity contribution is -0.185. The molecule has 124 valence electrons. The molecule has 1 amide bonds. The molecule has 0 aromatic carbocycles. The van der Waals surface area contributed by atoms with Gasteiger partial charge in [0.05, 0.1) is 11.5 Å². The van der Waals surface area contributed by atoms with Gasteiger partial charge in [-0.1, -0.05) is 6.92 Å². The largest absolute Gasteiger partial charge is 0.391 e. The highest BCUT2D eigenvalue weighted by Crippen LogP contribution is 2.34. The van der Waals surface area contributed by atoms with Crippen LogP contribution in [0.15, 0.2) is 0 Å². The van der Waals surface area contributed by atoms with Crippen LogP contribution in [-0.2, 0) is 4.79 Å². The lowest BCUT2D eigenvalue weighted by atomic mass is 9.93. The van der Waals surface area contributed by atoms with E-state index in [4.69, 9.17) is 5.73 Å². The maximum Gasteiger partial charge on any atom is 0.391 e. The fourth-order valence-electron chi connectivity index (χ4n) is 2.83.